The van der Waals surface area contributed by atoms with Crippen LogP contribution in [0.2, 0.25) is 0 Å². The van der Waals surface area contributed by atoms with Crippen LogP contribution in [0.3, 0.4) is 0 Å². The third-order valence-electron chi connectivity index (χ3n) is 4.42. The van der Waals surface area contributed by atoms with Crippen LogP contribution in [-0.2, 0) is 11.2 Å². The Morgan fingerprint density at radius 3 is 2.58 bits per heavy atom. The highest BCUT2D eigenvalue weighted by molar-refractivity contribution is 5.97. The van der Waals surface area contributed by atoms with Gasteiger partial charge in [-0.25, -0.2) is 14.3 Å². The lowest BCUT2D eigenvalue weighted by atomic mass is 10.0. The van der Waals surface area contributed by atoms with E-state index in [1.165, 1.54) is 18.1 Å². The van der Waals surface area contributed by atoms with Crippen molar-refractivity contribution in [2.45, 2.75) is 26.3 Å². The molecule has 0 bridgehead atoms. The maximum absolute atomic E-state index is 12.9. The van der Waals surface area contributed by atoms with Crippen molar-refractivity contribution >= 4 is 17.5 Å². The first-order valence-electron chi connectivity index (χ1n) is 8.24. The molecule has 26 heavy (non-hydrogen) atoms. The molecule has 0 saturated carbocycles. The summed E-state index contributed by atoms with van der Waals surface area (Å²) in [6.45, 7) is 3.62. The summed E-state index contributed by atoms with van der Waals surface area (Å²) in [4.78, 5) is 30.2. The molecule has 0 spiro atoms. The summed E-state index contributed by atoms with van der Waals surface area (Å²) in [7, 11) is 1.50. The molecule has 0 aliphatic carbocycles. The van der Waals surface area contributed by atoms with Crippen LogP contribution in [0.5, 0.6) is 0 Å². The van der Waals surface area contributed by atoms with E-state index < -0.39 is 17.9 Å². The Morgan fingerprint density at radius 1 is 1.23 bits per heavy atom. The molecule has 0 aliphatic heterocycles. The van der Waals surface area contributed by atoms with E-state index >= 15 is 0 Å². The van der Waals surface area contributed by atoms with Gasteiger partial charge < -0.3 is 10.0 Å². The van der Waals surface area contributed by atoms with Gasteiger partial charge in [-0.05, 0) is 19.4 Å². The number of benzene rings is 1. The Hall–Kier alpha value is -3.22. The molecule has 7 heteroatoms. The van der Waals surface area contributed by atoms with Crippen molar-refractivity contribution in [1.29, 1.82) is 0 Å². The lowest BCUT2D eigenvalue weighted by Gasteiger charge is -2.25. The van der Waals surface area contributed by atoms with Crippen molar-refractivity contribution in [3.63, 3.8) is 0 Å². The Kier molecular flexibility index (Phi) is 4.71. The highest BCUT2D eigenvalue weighted by Gasteiger charge is 2.29. The molecule has 1 aromatic carbocycles. The number of aromatic nitrogens is 3. The number of aryl methyl sites for hydroxylation is 2. The smallest absolute Gasteiger partial charge is 0.326 e. The molecular formula is C19H20N4O3. The third-order valence-corrected chi connectivity index (χ3v) is 4.42. The maximum Gasteiger partial charge on any atom is 0.326 e. The van der Waals surface area contributed by atoms with Crippen LogP contribution in [-0.4, -0.2) is 49.6 Å². The highest BCUT2D eigenvalue weighted by atomic mass is 16.4. The largest absolute Gasteiger partial charge is 0.480 e. The van der Waals surface area contributed by atoms with Gasteiger partial charge >= 0.3 is 5.97 Å². The molecule has 0 saturated heterocycles. The molecule has 1 amide bonds. The molecule has 0 aliphatic rings. The van der Waals surface area contributed by atoms with Crippen molar-refractivity contribution < 1.29 is 14.7 Å². The number of carbonyl (C=O) groups excluding carboxylic acids is 1. The van der Waals surface area contributed by atoms with E-state index in [4.69, 9.17) is 0 Å². The zero-order valence-electron chi connectivity index (χ0n) is 14.9. The van der Waals surface area contributed by atoms with Crippen LogP contribution >= 0.6 is 0 Å². The molecule has 134 valence electrons. The van der Waals surface area contributed by atoms with E-state index in [1.807, 2.05) is 43.3 Å². The van der Waals surface area contributed by atoms with Gasteiger partial charge in [-0.15, -0.1) is 0 Å². The number of nitrogens with zero attached hydrogens (tertiary/aromatic N) is 4. The Labute approximate surface area is 150 Å². The summed E-state index contributed by atoms with van der Waals surface area (Å²) in [6, 6.07) is 10.1. The lowest BCUT2D eigenvalue weighted by Crippen LogP contribution is -2.44. The number of hydrogen-bond donors (Lipinski definition) is 1. The molecule has 1 atom stereocenters. The molecule has 3 rings (SSSR count). The fourth-order valence-electron chi connectivity index (χ4n) is 2.93. The van der Waals surface area contributed by atoms with Crippen LogP contribution in [0.15, 0.2) is 42.6 Å². The fourth-order valence-corrected chi connectivity index (χ4v) is 2.93. The number of aliphatic carboxylic acids is 1. The second-order valence-electron chi connectivity index (χ2n) is 6.27. The van der Waals surface area contributed by atoms with Gasteiger partial charge in [0, 0.05) is 25.7 Å². The first kappa shape index (κ1) is 17.6. The predicted molar refractivity (Wildman–Crippen MR) is 96.1 cm³/mol. The molecule has 1 N–H and O–H groups in total. The van der Waals surface area contributed by atoms with Gasteiger partial charge in [0.1, 0.15) is 6.04 Å². The van der Waals surface area contributed by atoms with Gasteiger partial charge in [-0.3, -0.25) is 4.79 Å². The van der Waals surface area contributed by atoms with Gasteiger partial charge in [0.25, 0.3) is 5.91 Å². The Morgan fingerprint density at radius 2 is 1.92 bits per heavy atom. The summed E-state index contributed by atoms with van der Waals surface area (Å²) in [6.07, 6.45) is 1.71. The summed E-state index contributed by atoms with van der Waals surface area (Å²) >= 11 is 0. The maximum atomic E-state index is 12.9. The topological polar surface area (TPSA) is 87.8 Å². The summed E-state index contributed by atoms with van der Waals surface area (Å²) < 4.78 is 1.60. The summed E-state index contributed by atoms with van der Waals surface area (Å²) in [5.74, 6) is -1.44. The van der Waals surface area contributed by atoms with E-state index in [0.29, 0.717) is 16.9 Å². The van der Waals surface area contributed by atoms with Crippen molar-refractivity contribution in [1.82, 2.24) is 19.5 Å². The average Bonchev–Trinajstić information content (AvgIpc) is 3.01. The normalized spacial score (nSPS) is 12.1. The molecule has 0 radical (unpaired) electrons. The lowest BCUT2D eigenvalue weighted by molar-refractivity contribution is -0.141. The summed E-state index contributed by atoms with van der Waals surface area (Å²) in [5, 5.41) is 13.9. The van der Waals surface area contributed by atoms with Crippen LogP contribution in [0.25, 0.3) is 5.65 Å². The monoisotopic (exact) mass is 352 g/mol. The van der Waals surface area contributed by atoms with E-state index in [-0.39, 0.29) is 6.42 Å². The molecule has 2 heterocycles. The van der Waals surface area contributed by atoms with E-state index in [0.717, 1.165) is 11.3 Å². The van der Waals surface area contributed by atoms with E-state index in [2.05, 4.69) is 10.1 Å². The zero-order valence-corrected chi connectivity index (χ0v) is 14.9. The number of amides is 1. The van der Waals surface area contributed by atoms with Gasteiger partial charge in [0.05, 0.1) is 17.0 Å². The van der Waals surface area contributed by atoms with Crippen LogP contribution in [0.4, 0.5) is 0 Å². The zero-order chi connectivity index (χ0) is 18.8. The summed E-state index contributed by atoms with van der Waals surface area (Å²) in [5.41, 5.74) is 3.27. The minimum absolute atomic E-state index is 0.230. The molecule has 2 aromatic heterocycles. The van der Waals surface area contributed by atoms with E-state index in [1.54, 1.807) is 11.4 Å². The van der Waals surface area contributed by atoms with Crippen molar-refractivity contribution in [3.05, 3.63) is 65.1 Å². The van der Waals surface area contributed by atoms with Gasteiger partial charge in [0.15, 0.2) is 5.65 Å². The average molecular weight is 352 g/mol. The minimum atomic E-state index is -1.05. The molecule has 0 fully saturated rings. The van der Waals surface area contributed by atoms with Gasteiger partial charge in [-0.1, -0.05) is 30.3 Å². The third kappa shape index (κ3) is 3.28. The predicted octanol–water partition coefficient (Wildman–Crippen LogP) is 2.11. The fraction of sp³-hybridized carbons (Fsp3) is 0.263. The van der Waals surface area contributed by atoms with Crippen molar-refractivity contribution in [2.24, 2.45) is 0 Å². The SMILES string of the molecule is Cc1cc2ncc(C(=O)N(C)C(Cc3ccccc3)C(=O)O)c(C)n2n1. The number of carboxylic acids is 1. The minimum Gasteiger partial charge on any atom is -0.480 e. The van der Waals surface area contributed by atoms with Gasteiger partial charge in [0.2, 0.25) is 0 Å². The second kappa shape index (κ2) is 6.95. The number of fused-ring (bicyclic) bond motifs is 1. The molecule has 1 unspecified atom stereocenters. The number of carbonyl (C=O) groups is 2. The van der Waals surface area contributed by atoms with Crippen LogP contribution < -0.4 is 0 Å². The van der Waals surface area contributed by atoms with Crippen molar-refractivity contribution in [3.8, 4) is 0 Å². The quantitative estimate of drug-likeness (QED) is 0.760. The first-order valence-corrected chi connectivity index (χ1v) is 8.24. The Balaban J connectivity index is 1.92. The van der Waals surface area contributed by atoms with Crippen LogP contribution in [0.1, 0.15) is 27.3 Å². The highest BCUT2D eigenvalue weighted by Crippen LogP contribution is 2.16. The number of likely N-dealkylation sites (N-methyl/N-ethyl adjacent to an activating group) is 1. The molecule has 7 nitrogen and oxygen atoms in total. The molecule has 3 aromatic rings. The number of carboxylic acid groups (broad SMARTS) is 1. The standard InChI is InChI=1S/C19H20N4O3/c1-12-9-17-20-11-15(13(2)23(17)21-12)18(24)22(3)16(19(25)26)10-14-7-5-4-6-8-14/h4-9,11,16H,10H2,1-3H3,(H,25,26). The molecular weight excluding hydrogens is 332 g/mol. The number of hydrogen-bond acceptors (Lipinski definition) is 4. The second-order valence-corrected chi connectivity index (χ2v) is 6.27. The van der Waals surface area contributed by atoms with E-state index in [9.17, 15) is 14.7 Å². The Bertz CT molecular complexity index is 966. The first-order chi connectivity index (χ1) is 12.4. The van der Waals surface area contributed by atoms with Crippen LogP contribution in [0, 0.1) is 13.8 Å². The van der Waals surface area contributed by atoms with Gasteiger partial charge in [-0.2, -0.15) is 5.10 Å². The van der Waals surface area contributed by atoms with Crippen molar-refractivity contribution in [2.75, 3.05) is 7.05 Å². The number of rotatable bonds is 5.